The summed E-state index contributed by atoms with van der Waals surface area (Å²) in [5, 5.41) is 0. The Bertz CT molecular complexity index is 681. The number of nitrogens with zero attached hydrogens (tertiary/aromatic N) is 1. The van der Waals surface area contributed by atoms with Gasteiger partial charge in [0.15, 0.2) is 9.84 Å². The zero-order valence-corrected chi connectivity index (χ0v) is 16.6. The van der Waals surface area contributed by atoms with Crippen molar-refractivity contribution in [2.75, 3.05) is 19.3 Å². The summed E-state index contributed by atoms with van der Waals surface area (Å²) in [6, 6.07) is 6.71. The molecule has 2 N–H and O–H groups in total. The maximum absolute atomic E-state index is 12.4. The topological polar surface area (TPSA) is 89.7 Å². The highest BCUT2D eigenvalue weighted by Crippen LogP contribution is 2.36. The summed E-state index contributed by atoms with van der Waals surface area (Å²) in [5.41, 5.74) is 4.62. The van der Waals surface area contributed by atoms with Crippen molar-refractivity contribution in [3.63, 3.8) is 0 Å². The monoisotopic (exact) mass is 370 g/mol. The molecule has 1 aliphatic rings. The van der Waals surface area contributed by atoms with Crippen LogP contribution in [-0.4, -0.2) is 44.4 Å². The number of carbonyl (C=O) groups is 1. The molecule has 1 fully saturated rings. The van der Waals surface area contributed by atoms with Crippen LogP contribution in [0.25, 0.3) is 0 Å². The minimum atomic E-state index is -3.33. The van der Waals surface area contributed by atoms with Crippen molar-refractivity contribution in [1.29, 1.82) is 0 Å². The zero-order chi connectivity index (χ0) is 19.3. The Morgan fingerprint density at radius 1 is 1.28 bits per heavy atom. The number of hydrogen-bond donors (Lipinski definition) is 1. The quantitative estimate of drug-likeness (QED) is 0.883. The fourth-order valence-electron chi connectivity index (χ4n) is 2.82. The van der Waals surface area contributed by atoms with Gasteiger partial charge in [-0.1, -0.05) is 25.1 Å². The predicted molar refractivity (Wildman–Crippen MR) is 99.2 cm³/mol. The fraction of sp³-hybridized carbons (Fsp3) is 0.611. The molecule has 25 heavy (non-hydrogen) atoms. The van der Waals surface area contributed by atoms with Crippen LogP contribution in [0.15, 0.2) is 29.2 Å². The SMILES string of the molecule is CCS(=O)(=O)c1ccccc1C1CCCN1C(=O)OC(C)(C)C.CN. The van der Waals surface area contributed by atoms with Gasteiger partial charge in [0.2, 0.25) is 0 Å². The Labute approximate surface area is 151 Å². The fourth-order valence-corrected chi connectivity index (χ4v) is 3.98. The van der Waals surface area contributed by atoms with E-state index in [4.69, 9.17) is 4.74 Å². The van der Waals surface area contributed by atoms with Crippen molar-refractivity contribution in [2.24, 2.45) is 5.73 Å². The number of amides is 1. The number of benzene rings is 1. The second-order valence-corrected chi connectivity index (χ2v) is 9.02. The molecule has 1 amide bonds. The highest BCUT2D eigenvalue weighted by atomic mass is 32.2. The summed E-state index contributed by atoms with van der Waals surface area (Å²) in [7, 11) is -1.83. The average molecular weight is 371 g/mol. The normalized spacial score (nSPS) is 17.7. The van der Waals surface area contributed by atoms with E-state index in [0.717, 1.165) is 12.8 Å². The molecule has 2 rings (SSSR count). The van der Waals surface area contributed by atoms with Gasteiger partial charge in [0, 0.05) is 6.54 Å². The molecule has 142 valence electrons. The van der Waals surface area contributed by atoms with Gasteiger partial charge in [0.05, 0.1) is 16.7 Å². The summed E-state index contributed by atoms with van der Waals surface area (Å²) < 4.78 is 30.2. The summed E-state index contributed by atoms with van der Waals surface area (Å²) in [6.07, 6.45) is 1.20. The first-order valence-corrected chi connectivity index (χ1v) is 10.2. The predicted octanol–water partition coefficient (Wildman–Crippen LogP) is 3.13. The van der Waals surface area contributed by atoms with E-state index in [1.165, 1.54) is 7.05 Å². The molecule has 1 unspecified atom stereocenters. The molecule has 1 aliphatic heterocycles. The molecule has 0 spiro atoms. The molecule has 1 heterocycles. The molecule has 0 aromatic heterocycles. The molecule has 1 aromatic rings. The molecule has 0 saturated carbocycles. The molecule has 0 bridgehead atoms. The van der Waals surface area contributed by atoms with E-state index >= 15 is 0 Å². The van der Waals surface area contributed by atoms with Gasteiger partial charge < -0.3 is 15.4 Å². The summed E-state index contributed by atoms with van der Waals surface area (Å²) in [6.45, 7) is 7.69. The number of likely N-dealkylation sites (tertiary alicyclic amines) is 1. The van der Waals surface area contributed by atoms with Crippen LogP contribution in [0.1, 0.15) is 52.1 Å². The van der Waals surface area contributed by atoms with Crippen LogP contribution in [0.3, 0.4) is 0 Å². The van der Waals surface area contributed by atoms with E-state index in [-0.39, 0.29) is 17.9 Å². The molecular formula is C18H30N2O4S. The van der Waals surface area contributed by atoms with E-state index in [0.29, 0.717) is 17.0 Å². The van der Waals surface area contributed by atoms with E-state index in [2.05, 4.69) is 5.73 Å². The van der Waals surface area contributed by atoms with Crippen LogP contribution in [0.5, 0.6) is 0 Å². The van der Waals surface area contributed by atoms with Gasteiger partial charge in [0.25, 0.3) is 0 Å². The van der Waals surface area contributed by atoms with Crippen molar-refractivity contribution in [2.45, 2.75) is 57.1 Å². The van der Waals surface area contributed by atoms with Crippen molar-refractivity contribution >= 4 is 15.9 Å². The molecule has 1 aromatic carbocycles. The van der Waals surface area contributed by atoms with E-state index in [1.807, 2.05) is 26.8 Å². The first kappa shape index (κ1) is 21.4. The molecular weight excluding hydrogens is 340 g/mol. The molecule has 6 nitrogen and oxygen atoms in total. The lowest BCUT2D eigenvalue weighted by Gasteiger charge is -2.29. The summed E-state index contributed by atoms with van der Waals surface area (Å²) >= 11 is 0. The summed E-state index contributed by atoms with van der Waals surface area (Å²) in [5.74, 6) is 0.0448. The van der Waals surface area contributed by atoms with E-state index in [1.54, 1.807) is 30.0 Å². The van der Waals surface area contributed by atoms with Crippen molar-refractivity contribution in [1.82, 2.24) is 4.90 Å². The van der Waals surface area contributed by atoms with Gasteiger partial charge in [-0.2, -0.15) is 0 Å². The van der Waals surface area contributed by atoms with Gasteiger partial charge in [-0.3, -0.25) is 0 Å². The Kier molecular flexibility index (Phi) is 7.44. The van der Waals surface area contributed by atoms with E-state index < -0.39 is 15.4 Å². The lowest BCUT2D eigenvalue weighted by molar-refractivity contribution is 0.0222. The minimum Gasteiger partial charge on any atom is -0.444 e. The number of rotatable bonds is 3. The smallest absolute Gasteiger partial charge is 0.410 e. The highest BCUT2D eigenvalue weighted by Gasteiger charge is 2.35. The van der Waals surface area contributed by atoms with Crippen molar-refractivity contribution < 1.29 is 17.9 Å². The number of nitrogens with two attached hydrogens (primary N) is 1. The lowest BCUT2D eigenvalue weighted by Crippen LogP contribution is -2.36. The molecule has 1 atom stereocenters. The molecule has 1 saturated heterocycles. The maximum atomic E-state index is 12.4. The number of ether oxygens (including phenoxy) is 1. The zero-order valence-electron chi connectivity index (χ0n) is 15.8. The lowest BCUT2D eigenvalue weighted by atomic mass is 10.0. The highest BCUT2D eigenvalue weighted by molar-refractivity contribution is 7.91. The Hall–Kier alpha value is -1.60. The van der Waals surface area contributed by atoms with Crippen molar-refractivity contribution in [3.05, 3.63) is 29.8 Å². The van der Waals surface area contributed by atoms with Crippen LogP contribution in [0.2, 0.25) is 0 Å². The van der Waals surface area contributed by atoms with Crippen molar-refractivity contribution in [3.8, 4) is 0 Å². The second-order valence-electron chi connectivity index (χ2n) is 6.77. The Morgan fingerprint density at radius 3 is 2.44 bits per heavy atom. The second kappa shape index (κ2) is 8.67. The summed E-state index contributed by atoms with van der Waals surface area (Å²) in [4.78, 5) is 14.4. The Balaban J connectivity index is 0.00000151. The number of carbonyl (C=O) groups excluding carboxylic acids is 1. The Morgan fingerprint density at radius 2 is 1.88 bits per heavy atom. The van der Waals surface area contributed by atoms with Gasteiger partial charge in [0.1, 0.15) is 5.60 Å². The maximum Gasteiger partial charge on any atom is 0.410 e. The first-order valence-electron chi connectivity index (χ1n) is 8.55. The standard InChI is InChI=1S/C17H25NO4S.CH5N/c1-5-23(20,21)15-11-7-6-9-13(15)14-10-8-12-18(14)16(19)22-17(2,3)4;1-2/h6-7,9,11,14H,5,8,10,12H2,1-4H3;2H2,1H3. The van der Waals surface area contributed by atoms with E-state index in [9.17, 15) is 13.2 Å². The van der Waals surface area contributed by atoms with Crippen LogP contribution in [0.4, 0.5) is 4.79 Å². The van der Waals surface area contributed by atoms with Crippen LogP contribution < -0.4 is 5.73 Å². The minimum absolute atomic E-state index is 0.0448. The third-order valence-corrected chi connectivity index (χ3v) is 5.68. The van der Waals surface area contributed by atoms with Crippen LogP contribution in [-0.2, 0) is 14.6 Å². The average Bonchev–Trinajstić information content (AvgIpc) is 3.05. The largest absolute Gasteiger partial charge is 0.444 e. The van der Waals surface area contributed by atoms with Crippen LogP contribution >= 0.6 is 0 Å². The third kappa shape index (κ3) is 5.44. The first-order chi connectivity index (χ1) is 11.7. The van der Waals surface area contributed by atoms with Gasteiger partial charge in [-0.15, -0.1) is 0 Å². The van der Waals surface area contributed by atoms with Gasteiger partial charge >= 0.3 is 6.09 Å². The van der Waals surface area contributed by atoms with Crippen LogP contribution in [0, 0.1) is 0 Å². The number of sulfone groups is 1. The number of hydrogen-bond acceptors (Lipinski definition) is 5. The van der Waals surface area contributed by atoms with Gasteiger partial charge in [-0.25, -0.2) is 13.2 Å². The van der Waals surface area contributed by atoms with Gasteiger partial charge in [-0.05, 0) is 52.3 Å². The molecule has 0 aliphatic carbocycles. The molecule has 7 heteroatoms. The molecule has 0 radical (unpaired) electrons. The third-order valence-electron chi connectivity index (χ3n) is 3.87.